The number of hydrogen-bond donors (Lipinski definition) is 0. The molecule has 0 unspecified atom stereocenters. The summed E-state index contributed by atoms with van der Waals surface area (Å²) >= 11 is 0. The zero-order valence-corrected chi connectivity index (χ0v) is 9.81. The van der Waals surface area contributed by atoms with Gasteiger partial charge in [-0.25, -0.2) is 0 Å². The largest absolute Gasteiger partial charge is 0.342 e. The second-order valence-electron chi connectivity index (χ2n) is 4.33. The molecule has 0 aliphatic carbocycles. The van der Waals surface area contributed by atoms with Crippen molar-refractivity contribution in [2.45, 2.75) is 32.6 Å². The second-order valence-corrected chi connectivity index (χ2v) is 4.33. The Morgan fingerprint density at radius 1 is 1.44 bits per heavy atom. The van der Waals surface area contributed by atoms with E-state index in [1.54, 1.807) is 19.3 Å². The summed E-state index contributed by atoms with van der Waals surface area (Å²) in [5.74, 6) is 0.512. The van der Waals surface area contributed by atoms with Gasteiger partial charge in [-0.3, -0.25) is 14.8 Å². The first-order chi connectivity index (χ1) is 7.68. The number of aromatic nitrogens is 2. The fraction of sp³-hybridized carbons (Fsp3) is 0.583. The van der Waals surface area contributed by atoms with Crippen LogP contribution in [-0.2, 0) is 4.79 Å². The molecule has 2 heterocycles. The van der Waals surface area contributed by atoms with Crippen LogP contribution >= 0.6 is 0 Å². The number of amides is 1. The first kappa shape index (κ1) is 11.0. The minimum atomic E-state index is 0.159. The number of aryl methyl sites for hydroxylation is 1. The van der Waals surface area contributed by atoms with Gasteiger partial charge >= 0.3 is 0 Å². The van der Waals surface area contributed by atoms with Gasteiger partial charge in [0.1, 0.15) is 0 Å². The summed E-state index contributed by atoms with van der Waals surface area (Å²) in [5.41, 5.74) is 2.03. The number of likely N-dealkylation sites (tertiary alicyclic amines) is 1. The van der Waals surface area contributed by atoms with E-state index >= 15 is 0 Å². The Morgan fingerprint density at radius 3 is 2.88 bits per heavy atom. The number of rotatable bonds is 1. The van der Waals surface area contributed by atoms with E-state index in [0.29, 0.717) is 5.92 Å². The Morgan fingerprint density at radius 2 is 2.19 bits per heavy atom. The van der Waals surface area contributed by atoms with Gasteiger partial charge in [0.15, 0.2) is 0 Å². The quantitative estimate of drug-likeness (QED) is 0.719. The molecule has 4 nitrogen and oxygen atoms in total. The molecule has 0 bridgehead atoms. The Labute approximate surface area is 95.7 Å². The van der Waals surface area contributed by atoms with Gasteiger partial charge in [0.2, 0.25) is 5.91 Å². The third kappa shape index (κ3) is 2.21. The monoisotopic (exact) mass is 219 g/mol. The number of nitrogens with zero attached hydrogens (tertiary/aromatic N) is 3. The molecule has 1 saturated heterocycles. The van der Waals surface area contributed by atoms with E-state index in [1.807, 2.05) is 11.8 Å². The van der Waals surface area contributed by atoms with E-state index in [2.05, 4.69) is 9.97 Å². The highest BCUT2D eigenvalue weighted by atomic mass is 16.2. The van der Waals surface area contributed by atoms with Crippen molar-refractivity contribution in [3.05, 3.63) is 23.8 Å². The predicted molar refractivity (Wildman–Crippen MR) is 61.0 cm³/mol. The summed E-state index contributed by atoms with van der Waals surface area (Å²) in [6.07, 6.45) is 5.60. The highest BCUT2D eigenvalue weighted by molar-refractivity contribution is 5.73. The van der Waals surface area contributed by atoms with Crippen LogP contribution in [0.2, 0.25) is 0 Å². The van der Waals surface area contributed by atoms with Crippen molar-refractivity contribution in [1.82, 2.24) is 14.9 Å². The third-order valence-electron chi connectivity index (χ3n) is 3.17. The molecule has 1 fully saturated rings. The average molecular weight is 219 g/mol. The summed E-state index contributed by atoms with van der Waals surface area (Å²) in [4.78, 5) is 21.9. The van der Waals surface area contributed by atoms with Crippen LogP contribution in [-0.4, -0.2) is 33.9 Å². The van der Waals surface area contributed by atoms with Gasteiger partial charge < -0.3 is 4.90 Å². The lowest BCUT2D eigenvalue weighted by atomic mass is 9.93. The molecule has 86 valence electrons. The summed E-state index contributed by atoms with van der Waals surface area (Å²) in [7, 11) is 0. The maximum absolute atomic E-state index is 11.4. The third-order valence-corrected chi connectivity index (χ3v) is 3.17. The van der Waals surface area contributed by atoms with Crippen molar-refractivity contribution < 1.29 is 4.79 Å². The number of hydrogen-bond acceptors (Lipinski definition) is 3. The van der Waals surface area contributed by atoms with Crippen LogP contribution in [0.3, 0.4) is 0 Å². The number of carbonyl (C=O) groups is 1. The zero-order chi connectivity index (χ0) is 11.5. The van der Waals surface area contributed by atoms with Crippen LogP contribution < -0.4 is 0 Å². The normalized spacial score (nSPS) is 20.9. The van der Waals surface area contributed by atoms with E-state index in [4.69, 9.17) is 0 Å². The highest BCUT2D eigenvalue weighted by Gasteiger charge is 2.24. The first-order valence-electron chi connectivity index (χ1n) is 5.71. The summed E-state index contributed by atoms with van der Waals surface area (Å²) in [5, 5.41) is 0. The molecule has 0 spiro atoms. The number of carbonyl (C=O) groups excluding carboxylic acids is 1. The van der Waals surface area contributed by atoms with Crippen molar-refractivity contribution >= 4 is 5.91 Å². The van der Waals surface area contributed by atoms with Crippen molar-refractivity contribution in [2.75, 3.05) is 13.1 Å². The van der Waals surface area contributed by atoms with Gasteiger partial charge in [-0.15, -0.1) is 0 Å². The van der Waals surface area contributed by atoms with E-state index in [-0.39, 0.29) is 5.91 Å². The van der Waals surface area contributed by atoms with Crippen molar-refractivity contribution in [3.8, 4) is 0 Å². The fourth-order valence-electron chi connectivity index (χ4n) is 2.31. The van der Waals surface area contributed by atoms with E-state index in [9.17, 15) is 4.79 Å². The molecule has 4 heteroatoms. The first-order valence-corrected chi connectivity index (χ1v) is 5.71. The molecular formula is C12H17N3O. The zero-order valence-electron chi connectivity index (χ0n) is 9.81. The molecule has 16 heavy (non-hydrogen) atoms. The average Bonchev–Trinajstić information content (AvgIpc) is 2.30. The van der Waals surface area contributed by atoms with Crippen molar-refractivity contribution in [3.63, 3.8) is 0 Å². The second kappa shape index (κ2) is 4.60. The lowest BCUT2D eigenvalue weighted by Crippen LogP contribution is -2.38. The highest BCUT2D eigenvalue weighted by Crippen LogP contribution is 2.26. The van der Waals surface area contributed by atoms with Gasteiger partial charge in [-0.05, 0) is 19.8 Å². The molecule has 0 radical (unpaired) electrons. The Hall–Kier alpha value is -1.45. The molecule has 1 atom stereocenters. The molecule has 2 rings (SSSR count). The van der Waals surface area contributed by atoms with Gasteiger partial charge in [-0.2, -0.15) is 0 Å². The Kier molecular flexibility index (Phi) is 3.17. The molecule has 1 aliphatic heterocycles. The molecule has 1 aromatic heterocycles. The standard InChI is InChI=1S/C12H17N3O/c1-9-12(14-6-5-13-9)11-4-3-7-15(8-11)10(2)16/h5-6,11H,3-4,7-8H2,1-2H3/t11-/m1/s1. The van der Waals surface area contributed by atoms with Crippen LogP contribution in [0.5, 0.6) is 0 Å². The van der Waals surface area contributed by atoms with Gasteiger partial charge in [0.25, 0.3) is 0 Å². The van der Waals surface area contributed by atoms with Crippen LogP contribution in [0.15, 0.2) is 12.4 Å². The van der Waals surface area contributed by atoms with Crippen LogP contribution in [0.25, 0.3) is 0 Å². The molecule has 0 saturated carbocycles. The minimum Gasteiger partial charge on any atom is -0.342 e. The minimum absolute atomic E-state index is 0.159. The van der Waals surface area contributed by atoms with Crippen LogP contribution in [0.1, 0.15) is 37.1 Å². The number of piperidine rings is 1. The Balaban J connectivity index is 2.16. The molecule has 1 aliphatic rings. The van der Waals surface area contributed by atoms with Gasteiger partial charge in [-0.1, -0.05) is 0 Å². The summed E-state index contributed by atoms with van der Waals surface area (Å²) in [6.45, 7) is 5.28. The van der Waals surface area contributed by atoms with Crippen LogP contribution in [0.4, 0.5) is 0 Å². The maximum atomic E-state index is 11.4. The summed E-state index contributed by atoms with van der Waals surface area (Å²) < 4.78 is 0. The molecule has 1 aromatic rings. The summed E-state index contributed by atoms with van der Waals surface area (Å²) in [6, 6.07) is 0. The lowest BCUT2D eigenvalue weighted by Gasteiger charge is -2.32. The van der Waals surface area contributed by atoms with Gasteiger partial charge in [0, 0.05) is 38.3 Å². The van der Waals surface area contributed by atoms with E-state index < -0.39 is 0 Å². The van der Waals surface area contributed by atoms with E-state index in [1.165, 1.54) is 0 Å². The molecule has 0 N–H and O–H groups in total. The SMILES string of the molecule is CC(=O)N1CCC[C@@H](c2nccnc2C)C1. The molecule has 0 aromatic carbocycles. The Bertz CT molecular complexity index is 392. The van der Waals surface area contributed by atoms with Crippen molar-refractivity contribution in [2.24, 2.45) is 0 Å². The fourth-order valence-corrected chi connectivity index (χ4v) is 2.31. The lowest BCUT2D eigenvalue weighted by molar-refractivity contribution is -0.130. The maximum Gasteiger partial charge on any atom is 0.219 e. The molecular weight excluding hydrogens is 202 g/mol. The predicted octanol–water partition coefficient (Wildman–Crippen LogP) is 1.51. The van der Waals surface area contributed by atoms with Crippen molar-refractivity contribution in [1.29, 1.82) is 0 Å². The van der Waals surface area contributed by atoms with E-state index in [0.717, 1.165) is 37.3 Å². The smallest absolute Gasteiger partial charge is 0.219 e. The topological polar surface area (TPSA) is 46.1 Å². The van der Waals surface area contributed by atoms with Gasteiger partial charge in [0.05, 0.1) is 11.4 Å². The molecule has 1 amide bonds. The van der Waals surface area contributed by atoms with Crippen LogP contribution in [0, 0.1) is 6.92 Å².